The fourth-order valence-corrected chi connectivity index (χ4v) is 4.20. The van der Waals surface area contributed by atoms with Crippen molar-refractivity contribution >= 4 is 28.2 Å². The van der Waals surface area contributed by atoms with Gasteiger partial charge in [0.15, 0.2) is 6.54 Å². The van der Waals surface area contributed by atoms with Crippen LogP contribution in [0.3, 0.4) is 0 Å². The van der Waals surface area contributed by atoms with Crippen LogP contribution in [0, 0.1) is 6.92 Å². The van der Waals surface area contributed by atoms with Crippen LogP contribution in [0.1, 0.15) is 15.2 Å². The summed E-state index contributed by atoms with van der Waals surface area (Å²) in [6.45, 7) is 5.29. The number of carbonyl (C=O) groups is 2. The minimum atomic E-state index is -0.442. The highest BCUT2D eigenvalue weighted by Gasteiger charge is 2.26. The zero-order chi connectivity index (χ0) is 18.5. The second kappa shape index (κ2) is 8.44. The third-order valence-electron chi connectivity index (χ3n) is 4.40. The standard InChI is InChI=1S/C19H22N2O4S/c1-13-16(14-6-4-3-5-7-14)17(19(23)24-2)18(26-13)20-15(22)12-21-8-10-25-11-9-21/h3-7H,8-12H2,1-2H3,(H,20,22)/p+1. The molecule has 0 saturated carbocycles. The van der Waals surface area contributed by atoms with Crippen LogP contribution in [0.25, 0.3) is 11.1 Å². The van der Waals surface area contributed by atoms with Crippen molar-refractivity contribution < 1.29 is 24.0 Å². The zero-order valence-corrected chi connectivity index (χ0v) is 15.8. The summed E-state index contributed by atoms with van der Waals surface area (Å²) in [4.78, 5) is 27.1. The number of benzene rings is 1. The Hall–Kier alpha value is -2.22. The molecule has 1 aromatic heterocycles. The molecule has 1 aliphatic heterocycles. The first-order chi connectivity index (χ1) is 12.6. The van der Waals surface area contributed by atoms with Crippen molar-refractivity contribution in [3.63, 3.8) is 0 Å². The van der Waals surface area contributed by atoms with Gasteiger partial charge >= 0.3 is 5.97 Å². The van der Waals surface area contributed by atoms with Gasteiger partial charge in [-0.2, -0.15) is 0 Å². The molecule has 0 unspecified atom stereocenters. The summed E-state index contributed by atoms with van der Waals surface area (Å²) in [7, 11) is 1.35. The lowest BCUT2D eigenvalue weighted by molar-refractivity contribution is -0.899. The van der Waals surface area contributed by atoms with E-state index >= 15 is 0 Å². The van der Waals surface area contributed by atoms with Crippen molar-refractivity contribution in [1.29, 1.82) is 0 Å². The quantitative estimate of drug-likeness (QED) is 0.775. The topological polar surface area (TPSA) is 69.1 Å². The van der Waals surface area contributed by atoms with Crippen LogP contribution in [0.5, 0.6) is 0 Å². The molecule has 0 atom stereocenters. The highest BCUT2D eigenvalue weighted by atomic mass is 32.1. The third kappa shape index (κ3) is 4.12. The summed E-state index contributed by atoms with van der Waals surface area (Å²) in [5.74, 6) is -0.546. The van der Waals surface area contributed by atoms with Crippen LogP contribution in [-0.4, -0.2) is 51.8 Å². The first-order valence-corrected chi connectivity index (χ1v) is 9.40. The molecule has 3 rings (SSSR count). The number of thiophene rings is 1. The van der Waals surface area contributed by atoms with E-state index in [1.54, 1.807) is 0 Å². The minimum absolute atomic E-state index is 0.104. The number of nitrogens with one attached hydrogen (secondary N) is 2. The van der Waals surface area contributed by atoms with E-state index in [2.05, 4.69) is 5.32 Å². The van der Waals surface area contributed by atoms with Crippen molar-refractivity contribution in [3.8, 4) is 11.1 Å². The minimum Gasteiger partial charge on any atom is -0.465 e. The Labute approximate surface area is 156 Å². The number of anilines is 1. The van der Waals surface area contributed by atoms with E-state index < -0.39 is 5.97 Å². The lowest BCUT2D eigenvalue weighted by Crippen LogP contribution is -3.15. The molecule has 26 heavy (non-hydrogen) atoms. The molecule has 1 amide bonds. The van der Waals surface area contributed by atoms with Gasteiger partial charge in [0.05, 0.1) is 20.3 Å². The fourth-order valence-electron chi connectivity index (χ4n) is 3.12. The predicted octanol–water partition coefficient (Wildman–Crippen LogP) is 1.36. The van der Waals surface area contributed by atoms with Crippen molar-refractivity contribution in [2.24, 2.45) is 0 Å². The summed E-state index contributed by atoms with van der Waals surface area (Å²) >= 11 is 1.40. The smallest absolute Gasteiger partial charge is 0.341 e. The van der Waals surface area contributed by atoms with Crippen LogP contribution < -0.4 is 10.2 Å². The Morgan fingerprint density at radius 1 is 1.23 bits per heavy atom. The largest absolute Gasteiger partial charge is 0.465 e. The van der Waals surface area contributed by atoms with Gasteiger partial charge in [-0.15, -0.1) is 11.3 Å². The molecule has 0 bridgehead atoms. The number of ether oxygens (including phenoxy) is 2. The molecule has 0 aliphatic carbocycles. The van der Waals surface area contributed by atoms with Gasteiger partial charge in [0.2, 0.25) is 0 Å². The van der Waals surface area contributed by atoms with Crippen LogP contribution in [-0.2, 0) is 14.3 Å². The van der Waals surface area contributed by atoms with Crippen LogP contribution >= 0.6 is 11.3 Å². The molecule has 6 nitrogen and oxygen atoms in total. The number of hydrogen-bond acceptors (Lipinski definition) is 5. The van der Waals surface area contributed by atoms with E-state index in [1.807, 2.05) is 37.3 Å². The molecule has 7 heteroatoms. The van der Waals surface area contributed by atoms with Crippen LogP contribution in [0.15, 0.2) is 30.3 Å². The molecule has 0 spiro atoms. The maximum atomic E-state index is 12.5. The molecule has 2 aromatic rings. The van der Waals surface area contributed by atoms with E-state index in [4.69, 9.17) is 9.47 Å². The number of morpholine rings is 1. The highest BCUT2D eigenvalue weighted by molar-refractivity contribution is 7.17. The van der Waals surface area contributed by atoms with Gasteiger partial charge in [-0.25, -0.2) is 4.79 Å². The molecule has 1 aromatic carbocycles. The molecule has 1 aliphatic rings. The van der Waals surface area contributed by atoms with Crippen LogP contribution in [0.2, 0.25) is 0 Å². The van der Waals surface area contributed by atoms with Crippen molar-refractivity contribution in [3.05, 3.63) is 40.8 Å². The Kier molecular flexibility index (Phi) is 6.03. The fraction of sp³-hybridized carbons (Fsp3) is 0.368. The first-order valence-electron chi connectivity index (χ1n) is 8.58. The zero-order valence-electron chi connectivity index (χ0n) is 15.0. The SMILES string of the molecule is COC(=O)c1c(NC(=O)C[NH+]2CCOCC2)sc(C)c1-c1ccccc1. The van der Waals surface area contributed by atoms with Gasteiger partial charge in [0, 0.05) is 10.4 Å². The number of amides is 1. The first kappa shape index (κ1) is 18.6. The maximum absolute atomic E-state index is 12.5. The number of quaternary nitrogens is 1. The summed E-state index contributed by atoms with van der Waals surface area (Å²) in [5.41, 5.74) is 2.17. The Bertz CT molecular complexity index is 782. The van der Waals surface area contributed by atoms with Gasteiger partial charge in [-0.3, -0.25) is 4.79 Å². The van der Waals surface area contributed by atoms with Gasteiger partial charge in [0.1, 0.15) is 23.7 Å². The highest BCUT2D eigenvalue weighted by Crippen LogP contribution is 2.40. The molecule has 2 N–H and O–H groups in total. The number of rotatable bonds is 5. The number of methoxy groups -OCH3 is 1. The maximum Gasteiger partial charge on any atom is 0.341 e. The Morgan fingerprint density at radius 3 is 2.58 bits per heavy atom. The molecule has 1 fully saturated rings. The molecular weight excluding hydrogens is 352 g/mol. The van der Waals surface area contributed by atoms with Gasteiger partial charge < -0.3 is 19.7 Å². The summed E-state index contributed by atoms with van der Waals surface area (Å²) < 4.78 is 10.3. The molecule has 0 radical (unpaired) electrons. The summed E-state index contributed by atoms with van der Waals surface area (Å²) in [6, 6.07) is 9.67. The molecular formula is C19H23N2O4S+. The van der Waals surface area contributed by atoms with E-state index in [9.17, 15) is 9.59 Å². The molecule has 138 valence electrons. The van der Waals surface area contributed by atoms with E-state index in [0.717, 1.165) is 29.1 Å². The number of esters is 1. The van der Waals surface area contributed by atoms with Crippen molar-refractivity contribution in [2.75, 3.05) is 45.3 Å². The predicted molar refractivity (Wildman–Crippen MR) is 101 cm³/mol. The Balaban J connectivity index is 1.87. The molecule has 1 saturated heterocycles. The van der Waals surface area contributed by atoms with Crippen LogP contribution in [0.4, 0.5) is 5.00 Å². The van der Waals surface area contributed by atoms with Gasteiger partial charge in [-0.1, -0.05) is 30.3 Å². The third-order valence-corrected chi connectivity index (χ3v) is 5.42. The van der Waals surface area contributed by atoms with E-state index in [-0.39, 0.29) is 5.91 Å². The average Bonchev–Trinajstić information content (AvgIpc) is 2.98. The molecule has 2 heterocycles. The van der Waals surface area contributed by atoms with Gasteiger partial charge in [-0.05, 0) is 12.5 Å². The van der Waals surface area contributed by atoms with E-state index in [1.165, 1.54) is 23.3 Å². The monoisotopic (exact) mass is 375 g/mol. The van der Waals surface area contributed by atoms with Crippen molar-refractivity contribution in [2.45, 2.75) is 6.92 Å². The lowest BCUT2D eigenvalue weighted by atomic mass is 10.0. The van der Waals surface area contributed by atoms with E-state index in [0.29, 0.717) is 30.3 Å². The van der Waals surface area contributed by atoms with Gasteiger partial charge in [0.25, 0.3) is 5.91 Å². The Morgan fingerprint density at radius 2 is 1.92 bits per heavy atom. The second-order valence-corrected chi connectivity index (χ2v) is 7.41. The lowest BCUT2D eigenvalue weighted by Gasteiger charge is -2.23. The number of aryl methyl sites for hydroxylation is 1. The summed E-state index contributed by atoms with van der Waals surface area (Å²) in [5, 5.41) is 3.47. The average molecular weight is 375 g/mol. The van der Waals surface area contributed by atoms with Crippen molar-refractivity contribution in [1.82, 2.24) is 0 Å². The number of carbonyl (C=O) groups excluding carboxylic acids is 2. The summed E-state index contributed by atoms with van der Waals surface area (Å²) in [6.07, 6.45) is 0. The normalized spacial score (nSPS) is 14.8. The second-order valence-electron chi connectivity index (χ2n) is 6.18. The number of hydrogen-bond donors (Lipinski definition) is 2.